The maximum atomic E-state index is 11.9. The van der Waals surface area contributed by atoms with Crippen LogP contribution in [0, 0.1) is 0 Å². The number of ketones is 4. The lowest BCUT2D eigenvalue weighted by atomic mass is 9.62. The standard InChI is InChI=1S/C14H20O10.C2H2Cl3NO/c1-6(16)10(20)11(21)13(23,8(3)18)14(24,9(4)19)12(22,5-15)7(2)17;3-2(4,5)1(6)7/h5,10-11,20-24H,1-4H3;(H2,6,7)/t10?,11-,12-,13+,14-;/m1./s1. The van der Waals surface area contributed by atoms with Gasteiger partial charge in [0.1, 0.15) is 12.2 Å². The quantitative estimate of drug-likeness (QED) is 0.106. The predicted octanol–water partition coefficient (Wildman–Crippen LogP) is -2.70. The van der Waals surface area contributed by atoms with E-state index in [4.69, 9.17) is 34.8 Å². The third kappa shape index (κ3) is 6.05. The van der Waals surface area contributed by atoms with Gasteiger partial charge in [0, 0.05) is 0 Å². The third-order valence-corrected chi connectivity index (χ3v) is 4.84. The highest BCUT2D eigenvalue weighted by Crippen LogP contribution is 2.38. The topological polar surface area (TPSA) is 230 Å². The normalized spacial score (nSPS) is 19.1. The molecule has 0 aliphatic carbocycles. The molecule has 0 spiro atoms. The molecule has 0 saturated carbocycles. The highest BCUT2D eigenvalue weighted by molar-refractivity contribution is 6.76. The van der Waals surface area contributed by atoms with Gasteiger partial charge in [0.15, 0.2) is 35.0 Å². The van der Waals surface area contributed by atoms with Gasteiger partial charge in [-0.05, 0) is 27.7 Å². The Kier molecular flexibility index (Phi) is 11.1. The zero-order valence-corrected chi connectivity index (χ0v) is 18.9. The number of aliphatic hydroxyl groups is 5. The number of alkyl halides is 3. The van der Waals surface area contributed by atoms with E-state index in [1.165, 1.54) is 0 Å². The molecule has 7 N–H and O–H groups in total. The van der Waals surface area contributed by atoms with Gasteiger partial charge in [0.25, 0.3) is 9.70 Å². The average Bonchev–Trinajstić information content (AvgIpc) is 2.63. The van der Waals surface area contributed by atoms with Crippen molar-refractivity contribution >= 4 is 70.1 Å². The van der Waals surface area contributed by atoms with Crippen LogP contribution in [0.15, 0.2) is 0 Å². The molecule has 0 aliphatic rings. The van der Waals surface area contributed by atoms with Crippen molar-refractivity contribution in [2.45, 2.75) is 60.5 Å². The maximum absolute atomic E-state index is 11.9. The summed E-state index contributed by atoms with van der Waals surface area (Å²) in [5.41, 5.74) is -6.70. The molecule has 0 saturated heterocycles. The van der Waals surface area contributed by atoms with Crippen LogP contribution in [0.25, 0.3) is 0 Å². The molecular weight excluding hydrogens is 489 g/mol. The number of aldehydes is 1. The molecule has 31 heavy (non-hydrogen) atoms. The van der Waals surface area contributed by atoms with E-state index in [1.807, 2.05) is 0 Å². The second kappa shape index (κ2) is 10.9. The average molecular weight is 511 g/mol. The van der Waals surface area contributed by atoms with Crippen molar-refractivity contribution in [2.24, 2.45) is 5.73 Å². The molecule has 5 atom stereocenters. The number of carbonyl (C=O) groups excluding carboxylic acids is 6. The van der Waals surface area contributed by atoms with Crippen LogP contribution in [-0.4, -0.2) is 93.7 Å². The van der Waals surface area contributed by atoms with E-state index in [9.17, 15) is 54.3 Å². The number of aliphatic hydroxyl groups excluding tert-OH is 2. The van der Waals surface area contributed by atoms with Gasteiger partial charge >= 0.3 is 0 Å². The van der Waals surface area contributed by atoms with Crippen LogP contribution in [0.2, 0.25) is 0 Å². The maximum Gasteiger partial charge on any atom is 0.269 e. The van der Waals surface area contributed by atoms with Gasteiger partial charge in [-0.25, -0.2) is 0 Å². The van der Waals surface area contributed by atoms with Crippen molar-refractivity contribution in [3.63, 3.8) is 0 Å². The van der Waals surface area contributed by atoms with Crippen molar-refractivity contribution in [2.75, 3.05) is 0 Å². The largest absolute Gasteiger partial charge is 0.386 e. The number of Topliss-reactive ketones (excluding diaryl/α,β-unsaturated/α-hetero) is 4. The Morgan fingerprint density at radius 2 is 1.19 bits per heavy atom. The van der Waals surface area contributed by atoms with Crippen LogP contribution in [0.4, 0.5) is 0 Å². The number of hydrogen-bond donors (Lipinski definition) is 6. The molecule has 0 heterocycles. The van der Waals surface area contributed by atoms with Gasteiger partial charge in [-0.2, -0.15) is 0 Å². The minimum Gasteiger partial charge on any atom is -0.386 e. The molecule has 0 aromatic carbocycles. The molecular formula is C16H22Cl3NO11. The fourth-order valence-electron chi connectivity index (χ4n) is 2.38. The first-order valence-electron chi connectivity index (χ1n) is 8.00. The first-order chi connectivity index (χ1) is 13.6. The summed E-state index contributed by atoms with van der Waals surface area (Å²) in [7, 11) is 0. The fourth-order valence-corrected chi connectivity index (χ4v) is 2.38. The van der Waals surface area contributed by atoms with Gasteiger partial charge < -0.3 is 31.3 Å². The first-order valence-corrected chi connectivity index (χ1v) is 9.13. The van der Waals surface area contributed by atoms with Crippen LogP contribution in [0.5, 0.6) is 0 Å². The number of primary amides is 1. The summed E-state index contributed by atoms with van der Waals surface area (Å²) >= 11 is 14.8. The predicted molar refractivity (Wildman–Crippen MR) is 105 cm³/mol. The molecule has 1 unspecified atom stereocenters. The van der Waals surface area contributed by atoms with E-state index in [2.05, 4.69) is 5.73 Å². The Morgan fingerprint density at radius 3 is 1.35 bits per heavy atom. The highest BCUT2D eigenvalue weighted by atomic mass is 35.6. The summed E-state index contributed by atoms with van der Waals surface area (Å²) in [5.74, 6) is -6.88. The van der Waals surface area contributed by atoms with Crippen molar-refractivity contribution in [3.8, 4) is 0 Å². The summed E-state index contributed by atoms with van der Waals surface area (Å²) in [5, 5.41) is 50.9. The van der Waals surface area contributed by atoms with Crippen molar-refractivity contribution < 1.29 is 54.3 Å². The Morgan fingerprint density at radius 1 is 0.839 bits per heavy atom. The number of carbonyl (C=O) groups is 6. The number of rotatable bonds is 9. The molecule has 0 radical (unpaired) electrons. The number of hydrogen-bond acceptors (Lipinski definition) is 11. The third-order valence-electron chi connectivity index (χ3n) is 4.28. The van der Waals surface area contributed by atoms with Crippen molar-refractivity contribution in [3.05, 3.63) is 0 Å². The number of nitrogens with two attached hydrogens (primary N) is 1. The van der Waals surface area contributed by atoms with Crippen LogP contribution >= 0.6 is 34.8 Å². The van der Waals surface area contributed by atoms with Gasteiger partial charge in [-0.1, -0.05) is 34.8 Å². The Labute approximate surface area is 190 Å². The Balaban J connectivity index is 0. The molecule has 0 rings (SSSR count). The van der Waals surface area contributed by atoms with Gasteiger partial charge in [-0.15, -0.1) is 0 Å². The minimum absolute atomic E-state index is 0.526. The lowest BCUT2D eigenvalue weighted by Gasteiger charge is -2.48. The van der Waals surface area contributed by atoms with Crippen LogP contribution < -0.4 is 5.73 Å². The number of halogens is 3. The van der Waals surface area contributed by atoms with E-state index in [0.29, 0.717) is 20.8 Å². The lowest BCUT2D eigenvalue weighted by Crippen LogP contribution is -2.80. The summed E-state index contributed by atoms with van der Waals surface area (Å²) in [6, 6.07) is 0. The molecule has 0 aromatic rings. The van der Waals surface area contributed by atoms with Gasteiger partial charge in [0.2, 0.25) is 11.2 Å². The molecule has 0 aromatic heterocycles. The highest BCUT2D eigenvalue weighted by Gasteiger charge is 2.73. The van der Waals surface area contributed by atoms with E-state index in [0.717, 1.165) is 6.92 Å². The van der Waals surface area contributed by atoms with Crippen LogP contribution in [0.3, 0.4) is 0 Å². The van der Waals surface area contributed by atoms with Gasteiger partial charge in [-0.3, -0.25) is 28.8 Å². The van der Waals surface area contributed by atoms with Gasteiger partial charge in [0.05, 0.1) is 0 Å². The zero-order chi connectivity index (χ0) is 25.7. The van der Waals surface area contributed by atoms with Crippen LogP contribution in [-0.2, 0) is 28.8 Å². The summed E-state index contributed by atoms with van der Waals surface area (Å²) in [4.78, 5) is 67.7. The summed E-state index contributed by atoms with van der Waals surface area (Å²) in [6.07, 6.45) is -5.88. The van der Waals surface area contributed by atoms with E-state index in [1.54, 1.807) is 0 Å². The first kappa shape index (κ1) is 31.7. The van der Waals surface area contributed by atoms with Crippen LogP contribution in [0.1, 0.15) is 27.7 Å². The number of amides is 1. The van der Waals surface area contributed by atoms with Crippen molar-refractivity contribution in [1.29, 1.82) is 0 Å². The zero-order valence-electron chi connectivity index (χ0n) is 16.6. The van der Waals surface area contributed by atoms with E-state index < -0.39 is 68.1 Å². The lowest BCUT2D eigenvalue weighted by molar-refractivity contribution is -0.248. The molecule has 0 fully saturated rings. The second-order valence-corrected chi connectivity index (χ2v) is 8.67. The SMILES string of the molecule is CC(=O)C(O)[C@@H](O)[C@@](O)(C(C)=O)[C@@](O)(C(C)=O)[C@@](O)(C=O)C(C)=O.NC(=O)C(Cl)(Cl)Cl. The Hall–Kier alpha value is -1.51. The Bertz CT molecular complexity index is 768. The second-order valence-electron chi connectivity index (χ2n) is 6.39. The summed E-state index contributed by atoms with van der Waals surface area (Å²) in [6.45, 7) is 2.42. The monoisotopic (exact) mass is 509 g/mol. The molecule has 178 valence electrons. The van der Waals surface area contributed by atoms with E-state index in [-0.39, 0.29) is 0 Å². The molecule has 1 amide bonds. The molecule has 15 heteroatoms. The molecule has 0 bridgehead atoms. The smallest absolute Gasteiger partial charge is 0.269 e. The minimum atomic E-state index is -3.87. The fraction of sp³-hybridized carbons (Fsp3) is 0.625. The summed E-state index contributed by atoms with van der Waals surface area (Å²) < 4.78 is -1.94. The van der Waals surface area contributed by atoms with E-state index >= 15 is 0 Å². The molecule has 12 nitrogen and oxygen atoms in total. The molecule has 0 aliphatic heterocycles. The van der Waals surface area contributed by atoms with Crippen molar-refractivity contribution in [1.82, 2.24) is 0 Å².